The van der Waals surface area contributed by atoms with Gasteiger partial charge in [-0.1, -0.05) is 29.3 Å². The minimum absolute atomic E-state index is 0.113. The minimum Gasteiger partial charge on any atom is -0.423 e. The van der Waals surface area contributed by atoms with Gasteiger partial charge in [-0.25, -0.2) is 4.57 Å². The van der Waals surface area contributed by atoms with Crippen molar-refractivity contribution in [2.24, 2.45) is 0 Å². The monoisotopic (exact) mass is 240 g/mol. The van der Waals surface area contributed by atoms with Gasteiger partial charge in [-0.3, -0.25) is 0 Å². The molecule has 0 aromatic heterocycles. The SMILES string of the molecule is CP(=O)(O)Oc1cccc(Cl)c1Cl. The van der Waals surface area contributed by atoms with E-state index in [0.29, 0.717) is 0 Å². The van der Waals surface area contributed by atoms with Crippen molar-refractivity contribution in [2.45, 2.75) is 0 Å². The first-order valence-electron chi connectivity index (χ1n) is 3.34. The molecule has 13 heavy (non-hydrogen) atoms. The van der Waals surface area contributed by atoms with Crippen LogP contribution in [0.1, 0.15) is 0 Å². The summed E-state index contributed by atoms with van der Waals surface area (Å²) in [7, 11) is -3.58. The maximum atomic E-state index is 10.9. The first-order valence-corrected chi connectivity index (χ1v) is 6.12. The second-order valence-corrected chi connectivity index (χ2v) is 5.02. The molecular weight excluding hydrogens is 234 g/mol. The third-order valence-corrected chi connectivity index (χ3v) is 2.52. The molecule has 0 aliphatic carbocycles. The molecule has 1 aromatic rings. The van der Waals surface area contributed by atoms with Gasteiger partial charge in [0, 0.05) is 6.66 Å². The van der Waals surface area contributed by atoms with Crippen LogP contribution in [-0.2, 0) is 4.57 Å². The molecule has 6 heteroatoms. The van der Waals surface area contributed by atoms with Crippen molar-refractivity contribution in [3.8, 4) is 5.75 Å². The van der Waals surface area contributed by atoms with Gasteiger partial charge in [-0.05, 0) is 12.1 Å². The lowest BCUT2D eigenvalue weighted by molar-refractivity contribution is 0.387. The Kier molecular flexibility index (Phi) is 3.25. The van der Waals surface area contributed by atoms with Crippen molar-refractivity contribution in [3.63, 3.8) is 0 Å². The molecule has 1 unspecified atom stereocenters. The van der Waals surface area contributed by atoms with Crippen molar-refractivity contribution >= 4 is 30.8 Å². The van der Waals surface area contributed by atoms with E-state index in [1.807, 2.05) is 0 Å². The van der Waals surface area contributed by atoms with E-state index in [-0.39, 0.29) is 15.8 Å². The molecule has 72 valence electrons. The fourth-order valence-corrected chi connectivity index (χ4v) is 1.64. The van der Waals surface area contributed by atoms with E-state index < -0.39 is 7.60 Å². The quantitative estimate of drug-likeness (QED) is 0.808. The molecule has 0 fully saturated rings. The molecule has 1 aromatic carbocycles. The van der Waals surface area contributed by atoms with Gasteiger partial charge in [-0.15, -0.1) is 0 Å². The topological polar surface area (TPSA) is 46.5 Å². The summed E-state index contributed by atoms with van der Waals surface area (Å²) >= 11 is 11.4. The average Bonchev–Trinajstić information content (AvgIpc) is 1.96. The second kappa shape index (κ2) is 3.89. The molecule has 1 atom stereocenters. The molecule has 0 radical (unpaired) electrons. The predicted octanol–water partition coefficient (Wildman–Crippen LogP) is 3.19. The summed E-state index contributed by atoms with van der Waals surface area (Å²) in [6, 6.07) is 4.62. The van der Waals surface area contributed by atoms with Crippen LogP contribution in [0.25, 0.3) is 0 Å². The molecular formula is C7H7Cl2O3P. The molecule has 0 aliphatic heterocycles. The number of rotatable bonds is 2. The summed E-state index contributed by atoms with van der Waals surface area (Å²) in [5.41, 5.74) is 0. The van der Waals surface area contributed by atoms with Crippen LogP contribution in [0.5, 0.6) is 5.75 Å². The zero-order chi connectivity index (χ0) is 10.1. The van der Waals surface area contributed by atoms with E-state index in [9.17, 15) is 4.57 Å². The summed E-state index contributed by atoms with van der Waals surface area (Å²) < 4.78 is 15.6. The van der Waals surface area contributed by atoms with Crippen LogP contribution >= 0.6 is 30.8 Å². The van der Waals surface area contributed by atoms with Gasteiger partial charge in [0.15, 0.2) is 0 Å². The van der Waals surface area contributed by atoms with Crippen molar-refractivity contribution < 1.29 is 14.0 Å². The first-order chi connectivity index (χ1) is 5.90. The Bertz CT molecular complexity index is 361. The van der Waals surface area contributed by atoms with E-state index in [1.165, 1.54) is 6.07 Å². The minimum atomic E-state index is -3.58. The Morgan fingerprint density at radius 1 is 1.46 bits per heavy atom. The van der Waals surface area contributed by atoms with Gasteiger partial charge in [0.1, 0.15) is 10.8 Å². The van der Waals surface area contributed by atoms with Crippen molar-refractivity contribution in [1.29, 1.82) is 0 Å². The number of hydrogen-bond acceptors (Lipinski definition) is 2. The van der Waals surface area contributed by atoms with Gasteiger partial charge in [0.2, 0.25) is 0 Å². The second-order valence-electron chi connectivity index (χ2n) is 2.45. The van der Waals surface area contributed by atoms with Crippen LogP contribution in [0.4, 0.5) is 0 Å². The standard InChI is InChI=1S/C7H7Cl2O3P/c1-13(10,11)12-6-4-2-3-5(8)7(6)9/h2-4H,1H3,(H,10,11). The van der Waals surface area contributed by atoms with Crippen LogP contribution < -0.4 is 4.52 Å². The van der Waals surface area contributed by atoms with E-state index in [1.54, 1.807) is 12.1 Å². The Hall–Kier alpha value is -0.210. The summed E-state index contributed by atoms with van der Waals surface area (Å²) in [6.07, 6.45) is 0. The van der Waals surface area contributed by atoms with E-state index in [2.05, 4.69) is 0 Å². The lowest BCUT2D eigenvalue weighted by Gasteiger charge is -2.10. The van der Waals surface area contributed by atoms with Crippen LogP contribution in [0, 0.1) is 0 Å². The number of benzene rings is 1. The lowest BCUT2D eigenvalue weighted by atomic mass is 10.3. The summed E-state index contributed by atoms with van der Waals surface area (Å²) in [6.45, 7) is 1.07. The van der Waals surface area contributed by atoms with Gasteiger partial charge in [0.05, 0.1) is 5.02 Å². The molecule has 0 spiro atoms. The van der Waals surface area contributed by atoms with Gasteiger partial charge in [0.25, 0.3) is 0 Å². The van der Waals surface area contributed by atoms with Crippen LogP contribution in [0.2, 0.25) is 10.0 Å². The summed E-state index contributed by atoms with van der Waals surface area (Å²) in [5.74, 6) is 0.113. The molecule has 0 aliphatic rings. The number of hydrogen-bond donors (Lipinski definition) is 1. The fourth-order valence-electron chi connectivity index (χ4n) is 0.737. The fraction of sp³-hybridized carbons (Fsp3) is 0.143. The van der Waals surface area contributed by atoms with E-state index in [0.717, 1.165) is 6.66 Å². The smallest absolute Gasteiger partial charge is 0.373 e. The Morgan fingerprint density at radius 3 is 2.62 bits per heavy atom. The van der Waals surface area contributed by atoms with Gasteiger partial charge in [-0.2, -0.15) is 0 Å². The first kappa shape index (κ1) is 10.9. The Morgan fingerprint density at radius 2 is 2.08 bits per heavy atom. The third kappa shape index (κ3) is 3.20. The highest BCUT2D eigenvalue weighted by atomic mass is 35.5. The maximum absolute atomic E-state index is 10.9. The zero-order valence-electron chi connectivity index (χ0n) is 6.70. The molecule has 0 heterocycles. The summed E-state index contributed by atoms with van der Waals surface area (Å²) in [5, 5.41) is 0.424. The average molecular weight is 241 g/mol. The van der Waals surface area contributed by atoms with Crippen molar-refractivity contribution in [1.82, 2.24) is 0 Å². The molecule has 0 saturated heterocycles. The van der Waals surface area contributed by atoms with E-state index >= 15 is 0 Å². The summed E-state index contributed by atoms with van der Waals surface area (Å²) in [4.78, 5) is 8.92. The van der Waals surface area contributed by atoms with Crippen LogP contribution in [0.15, 0.2) is 18.2 Å². The maximum Gasteiger partial charge on any atom is 0.373 e. The molecule has 0 saturated carbocycles. The lowest BCUT2D eigenvalue weighted by Crippen LogP contribution is -1.90. The highest BCUT2D eigenvalue weighted by Gasteiger charge is 2.15. The zero-order valence-corrected chi connectivity index (χ0v) is 9.11. The van der Waals surface area contributed by atoms with Gasteiger partial charge < -0.3 is 9.42 Å². The highest BCUT2D eigenvalue weighted by Crippen LogP contribution is 2.42. The largest absolute Gasteiger partial charge is 0.423 e. The normalized spacial score (nSPS) is 15.1. The van der Waals surface area contributed by atoms with E-state index in [4.69, 9.17) is 32.6 Å². The predicted molar refractivity (Wildman–Crippen MR) is 52.8 cm³/mol. The van der Waals surface area contributed by atoms with Gasteiger partial charge >= 0.3 is 7.60 Å². The number of halogens is 2. The molecule has 1 rings (SSSR count). The molecule has 0 bridgehead atoms. The van der Waals surface area contributed by atoms with Crippen molar-refractivity contribution in [3.05, 3.63) is 28.2 Å². The Labute approximate surface area is 85.8 Å². The van der Waals surface area contributed by atoms with Crippen LogP contribution in [-0.4, -0.2) is 11.6 Å². The molecule has 3 nitrogen and oxygen atoms in total. The Balaban J connectivity index is 3.03. The van der Waals surface area contributed by atoms with Crippen molar-refractivity contribution in [2.75, 3.05) is 6.66 Å². The third-order valence-electron chi connectivity index (χ3n) is 1.18. The molecule has 1 N–H and O–H groups in total. The van der Waals surface area contributed by atoms with Crippen LogP contribution in [0.3, 0.4) is 0 Å². The highest BCUT2D eigenvalue weighted by molar-refractivity contribution is 7.52. The molecule has 0 amide bonds.